The van der Waals surface area contributed by atoms with Gasteiger partial charge in [-0.3, -0.25) is 9.69 Å². The predicted molar refractivity (Wildman–Crippen MR) is 83.6 cm³/mol. The Labute approximate surface area is 129 Å². The van der Waals surface area contributed by atoms with Crippen molar-refractivity contribution < 1.29 is 9.90 Å². The Balaban J connectivity index is 2.70. The van der Waals surface area contributed by atoms with E-state index in [2.05, 4.69) is 5.32 Å². The maximum absolute atomic E-state index is 12.0. The van der Waals surface area contributed by atoms with Gasteiger partial charge in [0, 0.05) is 6.54 Å². The monoisotopic (exact) mass is 318 g/mol. The Hall–Kier alpha value is -0.810. The lowest BCUT2D eigenvalue weighted by Crippen LogP contribution is -2.40. The number of nitrogens with zero attached hydrogens (tertiary/aromatic N) is 1. The molecule has 1 aromatic carbocycles. The highest BCUT2D eigenvalue weighted by Crippen LogP contribution is 2.32. The third-order valence-corrected chi connectivity index (χ3v) is 3.42. The Kier molecular flexibility index (Phi) is 5.83. The van der Waals surface area contributed by atoms with Gasteiger partial charge in [-0.05, 0) is 39.4 Å². The molecule has 0 saturated carbocycles. The van der Waals surface area contributed by atoms with Crippen LogP contribution in [0.1, 0.15) is 19.4 Å². The normalized spacial score (nSPS) is 11.8. The quantitative estimate of drug-likeness (QED) is 0.877. The number of carbonyl (C=O) groups is 1. The minimum Gasteiger partial charge on any atom is -0.389 e. The van der Waals surface area contributed by atoms with E-state index < -0.39 is 5.60 Å². The highest BCUT2D eigenvalue weighted by atomic mass is 35.5. The summed E-state index contributed by atoms with van der Waals surface area (Å²) in [6.07, 6.45) is 0. The van der Waals surface area contributed by atoms with Gasteiger partial charge in [0.1, 0.15) is 0 Å². The van der Waals surface area contributed by atoms with Crippen molar-refractivity contribution in [1.29, 1.82) is 0 Å². The first-order chi connectivity index (χ1) is 9.10. The van der Waals surface area contributed by atoms with Gasteiger partial charge in [-0.25, -0.2) is 0 Å². The van der Waals surface area contributed by atoms with Gasteiger partial charge < -0.3 is 10.4 Å². The molecule has 4 nitrogen and oxygen atoms in total. The number of anilines is 1. The van der Waals surface area contributed by atoms with Crippen molar-refractivity contribution in [3.8, 4) is 0 Å². The van der Waals surface area contributed by atoms with Crippen molar-refractivity contribution >= 4 is 34.8 Å². The molecule has 0 unspecified atom stereocenters. The molecule has 0 radical (unpaired) electrons. The molecule has 0 bridgehead atoms. The SMILES string of the molecule is Cc1ccc(Cl)c(NC(=O)CN(C)CC(C)(C)O)c1Cl. The Bertz CT molecular complexity index is 499. The van der Waals surface area contributed by atoms with Gasteiger partial charge in [0.05, 0.1) is 27.9 Å². The average molecular weight is 319 g/mol. The van der Waals surface area contributed by atoms with Crippen LogP contribution in [0.5, 0.6) is 0 Å². The number of aliphatic hydroxyl groups is 1. The van der Waals surface area contributed by atoms with Crippen LogP contribution in [-0.4, -0.2) is 41.7 Å². The summed E-state index contributed by atoms with van der Waals surface area (Å²) >= 11 is 12.2. The summed E-state index contributed by atoms with van der Waals surface area (Å²) in [5.74, 6) is -0.230. The molecule has 2 N–H and O–H groups in total. The molecule has 0 aliphatic rings. The number of rotatable bonds is 5. The minimum absolute atomic E-state index is 0.143. The molecule has 1 amide bonds. The molecule has 1 aromatic rings. The molecule has 0 heterocycles. The topological polar surface area (TPSA) is 52.6 Å². The zero-order valence-corrected chi connectivity index (χ0v) is 13.6. The van der Waals surface area contributed by atoms with Gasteiger partial charge in [-0.2, -0.15) is 0 Å². The summed E-state index contributed by atoms with van der Waals surface area (Å²) in [4.78, 5) is 13.7. The smallest absolute Gasteiger partial charge is 0.238 e. The Morgan fingerprint density at radius 1 is 1.40 bits per heavy atom. The van der Waals surface area contributed by atoms with Crippen LogP contribution in [0.4, 0.5) is 5.69 Å². The molecule has 0 aliphatic heterocycles. The lowest BCUT2D eigenvalue weighted by molar-refractivity contribution is -0.117. The van der Waals surface area contributed by atoms with Crippen LogP contribution in [0.15, 0.2) is 12.1 Å². The number of likely N-dealkylation sites (N-methyl/N-ethyl adjacent to an activating group) is 1. The van der Waals surface area contributed by atoms with Gasteiger partial charge in [0.15, 0.2) is 0 Å². The number of carbonyl (C=O) groups excluding carboxylic acids is 1. The summed E-state index contributed by atoms with van der Waals surface area (Å²) in [6, 6.07) is 3.49. The highest BCUT2D eigenvalue weighted by molar-refractivity contribution is 6.40. The maximum Gasteiger partial charge on any atom is 0.238 e. The van der Waals surface area contributed by atoms with Crippen LogP contribution in [0, 0.1) is 6.92 Å². The van der Waals surface area contributed by atoms with Crippen LogP contribution >= 0.6 is 23.2 Å². The summed E-state index contributed by atoms with van der Waals surface area (Å²) in [6.45, 7) is 5.75. The third-order valence-electron chi connectivity index (χ3n) is 2.62. The van der Waals surface area contributed by atoms with Crippen molar-refractivity contribution in [1.82, 2.24) is 4.90 Å². The van der Waals surface area contributed by atoms with E-state index in [1.807, 2.05) is 6.92 Å². The summed E-state index contributed by atoms with van der Waals surface area (Å²) in [5, 5.41) is 13.3. The van der Waals surface area contributed by atoms with E-state index in [-0.39, 0.29) is 12.5 Å². The largest absolute Gasteiger partial charge is 0.389 e. The molecular formula is C14H20Cl2N2O2. The van der Waals surface area contributed by atoms with E-state index in [4.69, 9.17) is 23.2 Å². The fourth-order valence-corrected chi connectivity index (χ4v) is 2.38. The highest BCUT2D eigenvalue weighted by Gasteiger charge is 2.18. The predicted octanol–water partition coefficient (Wildman–Crippen LogP) is 2.94. The van der Waals surface area contributed by atoms with E-state index >= 15 is 0 Å². The van der Waals surface area contributed by atoms with Crippen molar-refractivity contribution in [2.45, 2.75) is 26.4 Å². The summed E-state index contributed by atoms with van der Waals surface area (Å²) in [7, 11) is 1.76. The van der Waals surface area contributed by atoms with E-state index in [9.17, 15) is 9.90 Å². The molecule has 1 rings (SSSR count). The van der Waals surface area contributed by atoms with Crippen LogP contribution in [0.25, 0.3) is 0 Å². The Morgan fingerprint density at radius 3 is 2.55 bits per heavy atom. The minimum atomic E-state index is -0.854. The average Bonchev–Trinajstić information content (AvgIpc) is 2.27. The van der Waals surface area contributed by atoms with Crippen LogP contribution in [0.3, 0.4) is 0 Å². The second kappa shape index (κ2) is 6.76. The molecule has 0 aromatic heterocycles. The van der Waals surface area contributed by atoms with Crippen molar-refractivity contribution in [2.24, 2.45) is 0 Å². The molecular weight excluding hydrogens is 299 g/mol. The summed E-state index contributed by atoms with van der Waals surface area (Å²) in [5.41, 5.74) is 0.416. The number of hydrogen-bond acceptors (Lipinski definition) is 3. The van der Waals surface area contributed by atoms with E-state index in [1.165, 1.54) is 0 Å². The van der Waals surface area contributed by atoms with Crippen molar-refractivity contribution in [2.75, 3.05) is 25.5 Å². The molecule has 112 valence electrons. The molecule has 0 saturated heterocycles. The molecule has 0 atom stereocenters. The number of benzene rings is 1. The lowest BCUT2D eigenvalue weighted by Gasteiger charge is -2.25. The number of amides is 1. The van der Waals surface area contributed by atoms with Crippen LogP contribution in [0.2, 0.25) is 10.0 Å². The first-order valence-electron chi connectivity index (χ1n) is 6.25. The molecule has 0 aliphatic carbocycles. The van der Waals surface area contributed by atoms with E-state index in [1.54, 1.807) is 37.9 Å². The molecule has 20 heavy (non-hydrogen) atoms. The van der Waals surface area contributed by atoms with Crippen LogP contribution < -0.4 is 5.32 Å². The number of nitrogens with one attached hydrogen (secondary N) is 1. The lowest BCUT2D eigenvalue weighted by atomic mass is 10.1. The molecule has 0 spiro atoms. The standard InChI is InChI=1S/C14H20Cl2N2O2/c1-9-5-6-10(15)13(12(9)16)17-11(19)7-18(4)8-14(2,3)20/h5-6,20H,7-8H2,1-4H3,(H,17,19). The first kappa shape index (κ1) is 17.2. The molecule has 6 heteroatoms. The second-order valence-corrected chi connectivity index (χ2v) is 6.37. The number of hydrogen-bond donors (Lipinski definition) is 2. The second-order valence-electron chi connectivity index (χ2n) is 5.59. The fraction of sp³-hybridized carbons (Fsp3) is 0.500. The number of aryl methyl sites for hydroxylation is 1. The van der Waals surface area contributed by atoms with E-state index in [0.717, 1.165) is 5.56 Å². The van der Waals surface area contributed by atoms with Gasteiger partial charge in [-0.15, -0.1) is 0 Å². The van der Waals surface area contributed by atoms with Crippen molar-refractivity contribution in [3.05, 3.63) is 27.7 Å². The zero-order chi connectivity index (χ0) is 15.5. The van der Waals surface area contributed by atoms with E-state index in [0.29, 0.717) is 22.3 Å². The van der Waals surface area contributed by atoms with Crippen molar-refractivity contribution in [3.63, 3.8) is 0 Å². The van der Waals surface area contributed by atoms with Gasteiger partial charge in [0.2, 0.25) is 5.91 Å². The number of halogens is 2. The first-order valence-corrected chi connectivity index (χ1v) is 7.01. The third kappa shape index (κ3) is 5.29. The van der Waals surface area contributed by atoms with Gasteiger partial charge in [-0.1, -0.05) is 29.3 Å². The fourth-order valence-electron chi connectivity index (χ4n) is 1.91. The van der Waals surface area contributed by atoms with Gasteiger partial charge in [0.25, 0.3) is 0 Å². The van der Waals surface area contributed by atoms with Gasteiger partial charge >= 0.3 is 0 Å². The maximum atomic E-state index is 12.0. The molecule has 0 fully saturated rings. The van der Waals surface area contributed by atoms with Crippen LogP contribution in [-0.2, 0) is 4.79 Å². The zero-order valence-electron chi connectivity index (χ0n) is 12.1. The summed E-state index contributed by atoms with van der Waals surface area (Å²) < 4.78 is 0. The Morgan fingerprint density at radius 2 is 2.00 bits per heavy atom.